The smallest absolute Gasteiger partial charge is 0.0547 e. The third-order valence-corrected chi connectivity index (χ3v) is 5.38. The van der Waals surface area contributed by atoms with Gasteiger partial charge in [-0.15, -0.1) is 11.3 Å². The van der Waals surface area contributed by atoms with Crippen LogP contribution in [0.25, 0.3) is 0 Å². The van der Waals surface area contributed by atoms with Crippen LogP contribution in [0.5, 0.6) is 0 Å². The number of halogens is 1. The molecule has 0 aromatic carbocycles. The van der Waals surface area contributed by atoms with E-state index in [-0.39, 0.29) is 0 Å². The van der Waals surface area contributed by atoms with Crippen LogP contribution in [0.3, 0.4) is 0 Å². The van der Waals surface area contributed by atoms with E-state index < -0.39 is 0 Å². The minimum Gasteiger partial charge on any atom is -0.317 e. The fraction of sp³-hybridized carbons (Fsp3) is 0.714. The molecule has 0 amide bonds. The third-order valence-electron chi connectivity index (χ3n) is 3.89. The Morgan fingerprint density at radius 1 is 1.47 bits per heavy atom. The van der Waals surface area contributed by atoms with Crippen molar-refractivity contribution in [1.82, 2.24) is 5.32 Å². The third kappa shape index (κ3) is 3.24. The number of thiophene rings is 1. The Bertz CT molecular complexity index is 348. The summed E-state index contributed by atoms with van der Waals surface area (Å²) in [6.45, 7) is 6.76. The van der Waals surface area contributed by atoms with Gasteiger partial charge in [-0.3, -0.25) is 0 Å². The van der Waals surface area contributed by atoms with Crippen LogP contribution in [0.2, 0.25) is 5.02 Å². The predicted octanol–water partition coefficient (Wildman–Crippen LogP) is 4.53. The Hall–Kier alpha value is -0.0500. The molecule has 1 aromatic heterocycles. The molecular weight excluding hydrogens is 250 g/mol. The minimum atomic E-state index is 0.672. The average molecular weight is 272 g/mol. The van der Waals surface area contributed by atoms with Crippen molar-refractivity contribution in [1.29, 1.82) is 0 Å². The molecule has 1 aliphatic carbocycles. The lowest BCUT2D eigenvalue weighted by Crippen LogP contribution is -2.31. The van der Waals surface area contributed by atoms with Gasteiger partial charge in [-0.05, 0) is 55.1 Å². The van der Waals surface area contributed by atoms with Crippen LogP contribution >= 0.6 is 22.9 Å². The quantitative estimate of drug-likeness (QED) is 0.848. The molecule has 0 bridgehead atoms. The maximum Gasteiger partial charge on any atom is 0.0547 e. The Morgan fingerprint density at radius 3 is 2.94 bits per heavy atom. The highest BCUT2D eigenvalue weighted by atomic mass is 35.5. The van der Waals surface area contributed by atoms with Gasteiger partial charge >= 0.3 is 0 Å². The molecule has 0 saturated heterocycles. The van der Waals surface area contributed by atoms with E-state index in [0.29, 0.717) is 5.92 Å². The van der Waals surface area contributed by atoms with E-state index in [1.165, 1.54) is 24.1 Å². The van der Waals surface area contributed by atoms with E-state index in [1.54, 1.807) is 0 Å². The zero-order valence-electron chi connectivity index (χ0n) is 10.7. The second kappa shape index (κ2) is 6.21. The molecule has 3 heteroatoms. The topological polar surface area (TPSA) is 12.0 Å². The van der Waals surface area contributed by atoms with E-state index in [2.05, 4.69) is 24.5 Å². The fourth-order valence-corrected chi connectivity index (χ4v) is 4.32. The van der Waals surface area contributed by atoms with Crippen LogP contribution in [-0.4, -0.2) is 13.1 Å². The van der Waals surface area contributed by atoms with Crippen molar-refractivity contribution >= 4 is 22.9 Å². The molecule has 1 aromatic rings. The zero-order chi connectivity index (χ0) is 12.3. The zero-order valence-corrected chi connectivity index (χ0v) is 12.3. The van der Waals surface area contributed by atoms with Crippen LogP contribution in [0.4, 0.5) is 0 Å². The predicted molar refractivity (Wildman–Crippen MR) is 77.1 cm³/mol. The molecule has 1 aliphatic rings. The highest BCUT2D eigenvalue weighted by molar-refractivity contribution is 7.10. The summed E-state index contributed by atoms with van der Waals surface area (Å²) in [7, 11) is 0. The summed E-state index contributed by atoms with van der Waals surface area (Å²) < 4.78 is 0. The molecule has 2 rings (SSSR count). The first kappa shape index (κ1) is 13.4. The molecule has 0 spiro atoms. The first-order chi connectivity index (χ1) is 8.22. The summed E-state index contributed by atoms with van der Waals surface area (Å²) in [5.41, 5.74) is 0. The molecule has 17 heavy (non-hydrogen) atoms. The summed E-state index contributed by atoms with van der Waals surface area (Å²) in [5.74, 6) is 2.28. The number of hydrogen-bond acceptors (Lipinski definition) is 2. The molecule has 1 fully saturated rings. The van der Waals surface area contributed by atoms with Gasteiger partial charge in [-0.25, -0.2) is 0 Å². The van der Waals surface area contributed by atoms with Gasteiger partial charge in [-0.2, -0.15) is 0 Å². The van der Waals surface area contributed by atoms with Gasteiger partial charge in [0.2, 0.25) is 0 Å². The molecule has 96 valence electrons. The molecular formula is C14H22ClNS. The molecule has 3 unspecified atom stereocenters. The van der Waals surface area contributed by atoms with E-state index >= 15 is 0 Å². The summed E-state index contributed by atoms with van der Waals surface area (Å²) in [6, 6.07) is 2.05. The normalized spacial score (nSPS) is 29.5. The maximum absolute atomic E-state index is 6.31. The second-order valence-electron chi connectivity index (χ2n) is 5.23. The number of hydrogen-bond donors (Lipinski definition) is 1. The summed E-state index contributed by atoms with van der Waals surface area (Å²) in [6.07, 6.45) is 4.01. The average Bonchev–Trinajstić information content (AvgIpc) is 2.74. The molecule has 3 atom stereocenters. The monoisotopic (exact) mass is 271 g/mol. The Morgan fingerprint density at radius 2 is 2.29 bits per heavy atom. The lowest BCUT2D eigenvalue weighted by molar-refractivity contribution is 0.245. The highest BCUT2D eigenvalue weighted by Gasteiger charge is 2.31. The molecule has 0 aliphatic heterocycles. The van der Waals surface area contributed by atoms with Crippen molar-refractivity contribution in [2.24, 2.45) is 11.8 Å². The first-order valence-electron chi connectivity index (χ1n) is 6.66. The summed E-state index contributed by atoms with van der Waals surface area (Å²) in [4.78, 5) is 1.42. The van der Waals surface area contributed by atoms with Crippen molar-refractivity contribution in [2.75, 3.05) is 13.1 Å². The SMILES string of the molecule is CCNCC1CCC(C)CC1c1sccc1Cl. The van der Waals surface area contributed by atoms with Gasteiger partial charge < -0.3 is 5.32 Å². The molecule has 1 N–H and O–H groups in total. The van der Waals surface area contributed by atoms with Crippen LogP contribution in [-0.2, 0) is 0 Å². The van der Waals surface area contributed by atoms with Crippen LogP contribution in [0, 0.1) is 11.8 Å². The van der Waals surface area contributed by atoms with E-state index in [0.717, 1.165) is 29.9 Å². The van der Waals surface area contributed by atoms with Gasteiger partial charge in [-0.1, -0.05) is 31.9 Å². The van der Waals surface area contributed by atoms with Crippen molar-refractivity contribution < 1.29 is 0 Å². The lowest BCUT2D eigenvalue weighted by Gasteiger charge is -2.34. The van der Waals surface area contributed by atoms with Gasteiger partial charge in [0.25, 0.3) is 0 Å². The summed E-state index contributed by atoms with van der Waals surface area (Å²) in [5, 5.41) is 6.61. The van der Waals surface area contributed by atoms with Crippen molar-refractivity contribution in [3.8, 4) is 0 Å². The molecule has 0 radical (unpaired) electrons. The molecule has 1 nitrogen and oxygen atoms in total. The summed E-state index contributed by atoms with van der Waals surface area (Å²) >= 11 is 8.15. The lowest BCUT2D eigenvalue weighted by atomic mass is 9.74. The van der Waals surface area contributed by atoms with Crippen LogP contribution < -0.4 is 5.32 Å². The first-order valence-corrected chi connectivity index (χ1v) is 7.91. The second-order valence-corrected chi connectivity index (χ2v) is 6.58. The van der Waals surface area contributed by atoms with Crippen molar-refractivity contribution in [3.63, 3.8) is 0 Å². The Balaban J connectivity index is 2.11. The Labute approximate surface area is 114 Å². The van der Waals surface area contributed by atoms with Gasteiger partial charge in [0.1, 0.15) is 0 Å². The van der Waals surface area contributed by atoms with E-state index in [9.17, 15) is 0 Å². The standard InChI is InChI=1S/C14H22ClNS/c1-3-16-9-11-5-4-10(2)8-12(11)14-13(15)6-7-17-14/h6-7,10-12,16H,3-5,8-9H2,1-2H3. The van der Waals surface area contributed by atoms with Gasteiger partial charge in [0.05, 0.1) is 5.02 Å². The molecule has 1 saturated carbocycles. The highest BCUT2D eigenvalue weighted by Crippen LogP contribution is 2.44. The van der Waals surface area contributed by atoms with E-state index in [4.69, 9.17) is 11.6 Å². The minimum absolute atomic E-state index is 0.672. The van der Waals surface area contributed by atoms with Gasteiger partial charge in [0.15, 0.2) is 0 Å². The Kier molecular flexibility index (Phi) is 4.89. The maximum atomic E-state index is 6.31. The fourth-order valence-electron chi connectivity index (χ4n) is 2.91. The molecule has 1 heterocycles. The van der Waals surface area contributed by atoms with Crippen molar-refractivity contribution in [3.05, 3.63) is 21.3 Å². The van der Waals surface area contributed by atoms with Crippen LogP contribution in [0.1, 0.15) is 43.9 Å². The van der Waals surface area contributed by atoms with Crippen molar-refractivity contribution in [2.45, 2.75) is 39.0 Å². The number of rotatable bonds is 4. The van der Waals surface area contributed by atoms with Crippen LogP contribution in [0.15, 0.2) is 11.4 Å². The largest absolute Gasteiger partial charge is 0.317 e. The van der Waals surface area contributed by atoms with Gasteiger partial charge in [0, 0.05) is 4.88 Å². The van der Waals surface area contributed by atoms with E-state index in [1.807, 2.05) is 17.4 Å². The number of nitrogens with one attached hydrogen (secondary N) is 1.